The molecule has 0 aliphatic heterocycles. The maximum Gasteiger partial charge on any atom is 0.0159 e. The van der Waals surface area contributed by atoms with Crippen LogP contribution in [0.25, 0.3) is 121 Å². The molecule has 11 aromatic rings. The summed E-state index contributed by atoms with van der Waals surface area (Å²) in [5.74, 6) is 0. The lowest BCUT2D eigenvalue weighted by atomic mass is 9.78. The van der Waals surface area contributed by atoms with Gasteiger partial charge in [-0.1, -0.05) is 198 Å². The normalized spacial score (nSPS) is 14.5. The number of hydrogen-bond donors (Lipinski definition) is 0. The van der Waals surface area contributed by atoms with Crippen LogP contribution < -0.4 is 0 Å². The molecule has 14 rings (SSSR count). The summed E-state index contributed by atoms with van der Waals surface area (Å²) in [6.45, 7) is 9.61. The Labute approximate surface area is 374 Å². The average molecular weight is 813 g/mol. The summed E-state index contributed by atoms with van der Waals surface area (Å²) in [6, 6.07) is 74.2. The van der Waals surface area contributed by atoms with E-state index < -0.39 is 0 Å². The van der Waals surface area contributed by atoms with Gasteiger partial charge in [0.1, 0.15) is 0 Å². The Morgan fingerprint density at radius 3 is 1.48 bits per heavy atom. The molecule has 3 aliphatic rings. The van der Waals surface area contributed by atoms with Gasteiger partial charge in [0.05, 0.1) is 0 Å². The first kappa shape index (κ1) is 36.0. The van der Waals surface area contributed by atoms with Crippen LogP contribution in [0.4, 0.5) is 0 Å². The molecule has 0 saturated heterocycles. The molecular weight excluding hydrogens is 769 g/mol. The fourth-order valence-corrected chi connectivity index (χ4v) is 12.5. The van der Waals surface area contributed by atoms with E-state index in [2.05, 4.69) is 222 Å². The van der Waals surface area contributed by atoms with E-state index in [0.717, 1.165) is 0 Å². The van der Waals surface area contributed by atoms with Crippen LogP contribution in [-0.4, -0.2) is 0 Å². The Hall–Kier alpha value is -7.54. The molecule has 0 saturated carbocycles. The van der Waals surface area contributed by atoms with Gasteiger partial charge < -0.3 is 0 Å². The van der Waals surface area contributed by atoms with Crippen molar-refractivity contribution in [3.05, 3.63) is 216 Å². The summed E-state index contributed by atoms with van der Waals surface area (Å²) in [4.78, 5) is 0. The van der Waals surface area contributed by atoms with Crippen molar-refractivity contribution in [3.63, 3.8) is 0 Å². The van der Waals surface area contributed by atoms with Gasteiger partial charge in [0.2, 0.25) is 0 Å². The lowest BCUT2D eigenvalue weighted by Crippen LogP contribution is -2.15. The highest BCUT2D eigenvalue weighted by atomic mass is 14.4. The Morgan fingerprint density at radius 1 is 0.250 bits per heavy atom. The smallest absolute Gasteiger partial charge is 0.0159 e. The van der Waals surface area contributed by atoms with E-state index in [1.807, 2.05) is 0 Å². The summed E-state index contributed by atoms with van der Waals surface area (Å²) in [5.41, 5.74) is 23.6. The summed E-state index contributed by atoms with van der Waals surface area (Å²) in [7, 11) is 0. The highest BCUT2D eigenvalue weighted by molar-refractivity contribution is 6.33. The van der Waals surface area contributed by atoms with Gasteiger partial charge in [-0.05, 0) is 167 Å². The van der Waals surface area contributed by atoms with Crippen molar-refractivity contribution in [2.75, 3.05) is 0 Å². The number of fused-ring (bicyclic) bond motifs is 14. The van der Waals surface area contributed by atoms with Crippen molar-refractivity contribution in [1.29, 1.82) is 0 Å². The van der Waals surface area contributed by atoms with Crippen LogP contribution >= 0.6 is 0 Å². The largest absolute Gasteiger partial charge is 0.0622 e. The summed E-state index contributed by atoms with van der Waals surface area (Å²) < 4.78 is 0. The van der Waals surface area contributed by atoms with Crippen molar-refractivity contribution in [2.45, 2.75) is 38.5 Å². The molecule has 0 amide bonds. The molecule has 300 valence electrons. The maximum absolute atomic E-state index is 2.54. The molecule has 0 spiro atoms. The molecule has 0 heterocycles. The quantitative estimate of drug-likeness (QED) is 0.156. The van der Waals surface area contributed by atoms with Crippen LogP contribution in [-0.2, 0) is 10.8 Å². The molecule has 0 N–H and O–H groups in total. The third-order valence-corrected chi connectivity index (χ3v) is 15.6. The predicted molar refractivity (Wildman–Crippen MR) is 272 cm³/mol. The lowest BCUT2D eigenvalue weighted by molar-refractivity contribution is 0.660. The zero-order valence-electron chi connectivity index (χ0n) is 36.5. The second-order valence-corrected chi connectivity index (χ2v) is 19.5. The van der Waals surface area contributed by atoms with E-state index >= 15 is 0 Å². The fraction of sp³-hybridized carbons (Fsp3) is 0.0938. The number of hydrogen-bond acceptors (Lipinski definition) is 0. The van der Waals surface area contributed by atoms with Gasteiger partial charge in [0.25, 0.3) is 0 Å². The van der Waals surface area contributed by atoms with Gasteiger partial charge in [-0.2, -0.15) is 0 Å². The molecule has 3 aliphatic carbocycles. The molecule has 0 atom stereocenters. The molecule has 0 fully saturated rings. The maximum atomic E-state index is 2.54. The van der Waals surface area contributed by atoms with E-state index in [4.69, 9.17) is 0 Å². The standard InChI is InChI=1S/C64H44/c1-63(2)54-23-12-10-19-44(54)46-30-27-40(34-56(46)63)58-49-32-26-39(37-15-6-5-7-16-37)33-52(49)59(41-28-31-47-45-20-11-13-24-55(45)64(3,4)57(47)35-41)61-50-22-14-21-48-43-29-25-38-17-8-9-18-42(38)51(43)36-53(60(48)50)62(58)61/h5-36H,1-4H3. The second-order valence-electron chi connectivity index (χ2n) is 19.5. The SMILES string of the molecule is CC1(C)c2ccccc2-c2ccc(-c3c4c(c(-c5ccc6c(c5)C(C)(C)c5ccccc5-6)c5cc(-c6ccccc6)ccc35)-c3cccc5c3c-4cc3c4ccccc4ccc53)cc21. The Bertz CT molecular complexity index is 3880. The van der Waals surface area contributed by atoms with Crippen LogP contribution in [0.15, 0.2) is 194 Å². The molecule has 0 aromatic heterocycles. The van der Waals surface area contributed by atoms with E-state index in [9.17, 15) is 0 Å². The summed E-state index contributed by atoms with van der Waals surface area (Å²) in [6.07, 6.45) is 0. The van der Waals surface area contributed by atoms with Gasteiger partial charge in [0.15, 0.2) is 0 Å². The van der Waals surface area contributed by atoms with Crippen LogP contribution in [0.2, 0.25) is 0 Å². The van der Waals surface area contributed by atoms with E-state index in [1.165, 1.54) is 143 Å². The molecule has 0 heteroatoms. The first-order chi connectivity index (χ1) is 31.3. The molecular formula is C64H44. The van der Waals surface area contributed by atoms with E-state index in [1.54, 1.807) is 0 Å². The van der Waals surface area contributed by atoms with E-state index in [-0.39, 0.29) is 10.8 Å². The van der Waals surface area contributed by atoms with Gasteiger partial charge in [-0.15, -0.1) is 0 Å². The van der Waals surface area contributed by atoms with Crippen LogP contribution in [0, 0.1) is 0 Å². The highest BCUT2D eigenvalue weighted by Gasteiger charge is 2.39. The Morgan fingerprint density at radius 2 is 0.781 bits per heavy atom. The summed E-state index contributed by atoms with van der Waals surface area (Å²) >= 11 is 0. The molecule has 11 aromatic carbocycles. The van der Waals surface area contributed by atoms with Crippen molar-refractivity contribution >= 4 is 43.1 Å². The van der Waals surface area contributed by atoms with Crippen molar-refractivity contribution in [1.82, 2.24) is 0 Å². The monoisotopic (exact) mass is 812 g/mol. The third kappa shape index (κ3) is 4.62. The highest BCUT2D eigenvalue weighted by Crippen LogP contribution is 2.61. The topological polar surface area (TPSA) is 0 Å². The molecule has 0 nitrogen and oxygen atoms in total. The third-order valence-electron chi connectivity index (χ3n) is 15.6. The summed E-state index contributed by atoms with van der Waals surface area (Å²) in [5, 5.41) is 10.4. The van der Waals surface area contributed by atoms with Gasteiger partial charge >= 0.3 is 0 Å². The number of benzene rings is 11. The van der Waals surface area contributed by atoms with Crippen LogP contribution in [0.5, 0.6) is 0 Å². The van der Waals surface area contributed by atoms with Crippen molar-refractivity contribution < 1.29 is 0 Å². The second kappa shape index (κ2) is 12.6. The number of rotatable bonds is 3. The van der Waals surface area contributed by atoms with E-state index in [0.29, 0.717) is 0 Å². The van der Waals surface area contributed by atoms with Gasteiger partial charge in [-0.25, -0.2) is 0 Å². The fourth-order valence-electron chi connectivity index (χ4n) is 12.5. The van der Waals surface area contributed by atoms with Gasteiger partial charge in [0, 0.05) is 10.8 Å². The minimum Gasteiger partial charge on any atom is -0.0622 e. The Balaban J connectivity index is 1.16. The van der Waals surface area contributed by atoms with Crippen LogP contribution in [0.1, 0.15) is 49.9 Å². The molecule has 0 unspecified atom stereocenters. The lowest BCUT2D eigenvalue weighted by Gasteiger charge is -2.25. The average Bonchev–Trinajstić information content (AvgIpc) is 3.87. The zero-order chi connectivity index (χ0) is 42.6. The molecule has 64 heavy (non-hydrogen) atoms. The van der Waals surface area contributed by atoms with Gasteiger partial charge in [-0.3, -0.25) is 0 Å². The van der Waals surface area contributed by atoms with Crippen molar-refractivity contribution in [2.24, 2.45) is 0 Å². The van der Waals surface area contributed by atoms with Crippen LogP contribution in [0.3, 0.4) is 0 Å². The molecule has 0 radical (unpaired) electrons. The zero-order valence-corrected chi connectivity index (χ0v) is 36.5. The first-order valence-corrected chi connectivity index (χ1v) is 22.8. The molecule has 0 bridgehead atoms. The predicted octanol–water partition coefficient (Wildman–Crippen LogP) is 17.6. The Kier molecular flexibility index (Phi) is 7.06. The first-order valence-electron chi connectivity index (χ1n) is 22.8. The van der Waals surface area contributed by atoms with Crippen molar-refractivity contribution in [3.8, 4) is 77.9 Å². The minimum atomic E-state index is -0.132. The minimum absolute atomic E-state index is 0.131.